The van der Waals surface area contributed by atoms with Crippen molar-refractivity contribution in [3.8, 4) is 11.1 Å². The SMILES string of the molecule is CN(CCS(N)(=O)=O)C(=O)C(CCC(=O)O)NC(=O)OCC1c2ccccc2-c2ccccc21. The van der Waals surface area contributed by atoms with E-state index in [0.29, 0.717) is 0 Å². The Kier molecular flexibility index (Phi) is 7.90. The molecule has 0 fully saturated rings. The number of hydrogen-bond acceptors (Lipinski definition) is 6. The Labute approximate surface area is 197 Å². The first-order valence-corrected chi connectivity index (χ1v) is 12.4. The zero-order chi connectivity index (χ0) is 24.9. The second-order valence-electron chi connectivity index (χ2n) is 8.08. The van der Waals surface area contributed by atoms with Gasteiger partial charge in [-0.1, -0.05) is 48.5 Å². The van der Waals surface area contributed by atoms with Crippen LogP contribution in [-0.4, -0.2) is 68.4 Å². The van der Waals surface area contributed by atoms with Gasteiger partial charge in [-0.2, -0.15) is 0 Å². The van der Waals surface area contributed by atoms with Crippen molar-refractivity contribution >= 4 is 28.0 Å². The van der Waals surface area contributed by atoms with E-state index in [1.54, 1.807) is 0 Å². The fourth-order valence-electron chi connectivity index (χ4n) is 3.95. The number of primary sulfonamides is 1. The Morgan fingerprint density at radius 3 is 2.18 bits per heavy atom. The van der Waals surface area contributed by atoms with Gasteiger partial charge in [-0.3, -0.25) is 9.59 Å². The van der Waals surface area contributed by atoms with Crippen LogP contribution in [0.4, 0.5) is 4.79 Å². The number of benzene rings is 2. The minimum atomic E-state index is -3.79. The molecule has 0 bridgehead atoms. The molecule has 0 saturated heterocycles. The molecule has 0 radical (unpaired) electrons. The highest BCUT2D eigenvalue weighted by atomic mass is 32.2. The van der Waals surface area contributed by atoms with Gasteiger partial charge in [-0.15, -0.1) is 0 Å². The molecule has 182 valence electrons. The van der Waals surface area contributed by atoms with Crippen LogP contribution in [0.15, 0.2) is 48.5 Å². The van der Waals surface area contributed by atoms with E-state index in [-0.39, 0.29) is 31.9 Å². The fourth-order valence-corrected chi connectivity index (χ4v) is 4.48. The Balaban J connectivity index is 1.66. The second-order valence-corrected chi connectivity index (χ2v) is 9.82. The van der Waals surface area contributed by atoms with E-state index in [0.717, 1.165) is 27.2 Å². The molecule has 0 saturated carbocycles. The monoisotopic (exact) mass is 489 g/mol. The number of aliphatic carboxylic acids is 1. The minimum absolute atomic E-state index is 0.0287. The largest absolute Gasteiger partial charge is 0.481 e. The molecule has 1 unspecified atom stereocenters. The number of nitrogens with zero attached hydrogens (tertiary/aromatic N) is 1. The number of fused-ring (bicyclic) bond motifs is 3. The molecule has 2 aromatic rings. The summed E-state index contributed by atoms with van der Waals surface area (Å²) >= 11 is 0. The highest BCUT2D eigenvalue weighted by molar-refractivity contribution is 7.89. The highest BCUT2D eigenvalue weighted by Gasteiger charge is 2.30. The first-order valence-electron chi connectivity index (χ1n) is 10.7. The average Bonchev–Trinajstić information content (AvgIpc) is 3.11. The van der Waals surface area contributed by atoms with Crippen molar-refractivity contribution in [1.82, 2.24) is 10.2 Å². The number of amides is 2. The van der Waals surface area contributed by atoms with Crippen LogP contribution < -0.4 is 10.5 Å². The van der Waals surface area contributed by atoms with Crippen LogP contribution in [0, 0.1) is 0 Å². The van der Waals surface area contributed by atoms with Crippen LogP contribution in [0.3, 0.4) is 0 Å². The quantitative estimate of drug-likeness (QED) is 0.457. The van der Waals surface area contributed by atoms with Gasteiger partial charge in [0.15, 0.2) is 0 Å². The number of carbonyl (C=O) groups is 3. The lowest BCUT2D eigenvalue weighted by Crippen LogP contribution is -2.49. The predicted octanol–water partition coefficient (Wildman–Crippen LogP) is 1.51. The summed E-state index contributed by atoms with van der Waals surface area (Å²) in [5.74, 6) is -2.42. The topological polar surface area (TPSA) is 156 Å². The van der Waals surface area contributed by atoms with Gasteiger partial charge in [-0.25, -0.2) is 18.4 Å². The number of carboxylic acid groups (broad SMARTS) is 1. The summed E-state index contributed by atoms with van der Waals surface area (Å²) in [5, 5.41) is 16.4. The molecule has 3 rings (SSSR count). The third kappa shape index (κ3) is 6.33. The summed E-state index contributed by atoms with van der Waals surface area (Å²) < 4.78 is 27.8. The zero-order valence-electron chi connectivity index (χ0n) is 18.6. The summed E-state index contributed by atoms with van der Waals surface area (Å²) in [5.41, 5.74) is 4.19. The predicted molar refractivity (Wildman–Crippen MR) is 124 cm³/mol. The van der Waals surface area contributed by atoms with Crippen molar-refractivity contribution in [3.63, 3.8) is 0 Å². The second kappa shape index (κ2) is 10.7. The Bertz CT molecular complexity index is 1140. The molecule has 0 heterocycles. The minimum Gasteiger partial charge on any atom is -0.481 e. The third-order valence-corrected chi connectivity index (χ3v) is 6.42. The summed E-state index contributed by atoms with van der Waals surface area (Å²) in [7, 11) is -2.45. The number of carbonyl (C=O) groups excluding carboxylic acids is 2. The lowest BCUT2D eigenvalue weighted by molar-refractivity contribution is -0.137. The Morgan fingerprint density at radius 1 is 1.09 bits per heavy atom. The lowest BCUT2D eigenvalue weighted by Gasteiger charge is -2.24. The number of hydrogen-bond donors (Lipinski definition) is 3. The standard InChI is InChI=1S/C23H27N3O7S/c1-26(12-13-34(24,31)32)22(29)20(10-11-21(27)28)25-23(30)33-14-19-17-8-4-2-6-15(17)16-7-3-5-9-18(16)19/h2-9,19-20H,10-14H2,1H3,(H,25,30)(H,27,28)(H2,24,31,32). The van der Waals surface area contributed by atoms with E-state index in [2.05, 4.69) is 5.32 Å². The van der Waals surface area contributed by atoms with Gasteiger partial charge in [0, 0.05) is 25.9 Å². The zero-order valence-corrected chi connectivity index (χ0v) is 19.5. The van der Waals surface area contributed by atoms with Gasteiger partial charge in [0.2, 0.25) is 15.9 Å². The Hall–Kier alpha value is -3.44. The lowest BCUT2D eigenvalue weighted by atomic mass is 9.98. The van der Waals surface area contributed by atoms with Gasteiger partial charge >= 0.3 is 12.1 Å². The van der Waals surface area contributed by atoms with Gasteiger partial charge in [0.1, 0.15) is 12.6 Å². The van der Waals surface area contributed by atoms with Crippen LogP contribution in [0.2, 0.25) is 0 Å². The van der Waals surface area contributed by atoms with Crippen LogP contribution >= 0.6 is 0 Å². The van der Waals surface area contributed by atoms with Crippen molar-refractivity contribution in [1.29, 1.82) is 0 Å². The van der Waals surface area contributed by atoms with E-state index in [9.17, 15) is 22.8 Å². The molecule has 2 amide bonds. The molecule has 0 aromatic heterocycles. The summed E-state index contributed by atoms with van der Waals surface area (Å²) in [6.07, 6.45) is -1.42. The van der Waals surface area contributed by atoms with Crippen LogP contribution in [-0.2, 0) is 24.3 Å². The van der Waals surface area contributed by atoms with Crippen molar-refractivity contribution in [2.45, 2.75) is 24.8 Å². The van der Waals surface area contributed by atoms with E-state index in [4.69, 9.17) is 15.0 Å². The number of carboxylic acids is 1. The van der Waals surface area contributed by atoms with Gasteiger partial charge < -0.3 is 20.1 Å². The van der Waals surface area contributed by atoms with Gasteiger partial charge in [-0.05, 0) is 28.7 Å². The molecule has 10 nitrogen and oxygen atoms in total. The molecule has 0 spiro atoms. The van der Waals surface area contributed by atoms with Crippen molar-refractivity contribution < 1.29 is 32.6 Å². The smallest absolute Gasteiger partial charge is 0.407 e. The first kappa shape index (κ1) is 25.2. The van der Waals surface area contributed by atoms with Crippen LogP contribution in [0.5, 0.6) is 0 Å². The average molecular weight is 490 g/mol. The first-order chi connectivity index (χ1) is 16.1. The fraction of sp³-hybridized carbons (Fsp3) is 0.348. The number of nitrogens with two attached hydrogens (primary N) is 1. The molecule has 1 aliphatic carbocycles. The molecule has 34 heavy (non-hydrogen) atoms. The van der Waals surface area contributed by atoms with Gasteiger partial charge in [0.25, 0.3) is 0 Å². The maximum absolute atomic E-state index is 12.7. The number of alkyl carbamates (subject to hydrolysis) is 1. The van der Waals surface area contributed by atoms with E-state index < -0.39 is 39.8 Å². The molecular formula is C23H27N3O7S. The van der Waals surface area contributed by atoms with E-state index in [1.807, 2.05) is 48.5 Å². The molecular weight excluding hydrogens is 462 g/mol. The number of likely N-dealkylation sites (N-methyl/N-ethyl adjacent to an activating group) is 1. The number of sulfonamides is 1. The molecule has 11 heteroatoms. The van der Waals surface area contributed by atoms with Crippen LogP contribution in [0.1, 0.15) is 29.9 Å². The number of ether oxygens (including phenoxy) is 1. The maximum atomic E-state index is 12.7. The number of rotatable bonds is 10. The molecule has 1 aliphatic rings. The summed E-state index contributed by atoms with van der Waals surface area (Å²) in [4.78, 5) is 37.4. The maximum Gasteiger partial charge on any atom is 0.407 e. The third-order valence-electron chi connectivity index (χ3n) is 5.67. The molecule has 1 atom stereocenters. The summed E-state index contributed by atoms with van der Waals surface area (Å²) in [6.45, 7) is -0.172. The van der Waals surface area contributed by atoms with Crippen LogP contribution in [0.25, 0.3) is 11.1 Å². The Morgan fingerprint density at radius 2 is 1.65 bits per heavy atom. The van der Waals surface area contributed by atoms with Gasteiger partial charge in [0.05, 0.1) is 5.75 Å². The number of nitrogens with one attached hydrogen (secondary N) is 1. The molecule has 0 aliphatic heterocycles. The highest BCUT2D eigenvalue weighted by Crippen LogP contribution is 2.44. The van der Waals surface area contributed by atoms with E-state index >= 15 is 0 Å². The van der Waals surface area contributed by atoms with Crippen molar-refractivity contribution in [2.75, 3.05) is 26.0 Å². The molecule has 2 aromatic carbocycles. The van der Waals surface area contributed by atoms with Crippen molar-refractivity contribution in [2.24, 2.45) is 5.14 Å². The molecule has 4 N–H and O–H groups in total. The normalized spacial score (nSPS) is 13.5. The van der Waals surface area contributed by atoms with Crippen molar-refractivity contribution in [3.05, 3.63) is 59.7 Å². The summed E-state index contributed by atoms with van der Waals surface area (Å²) in [6, 6.07) is 14.5. The van der Waals surface area contributed by atoms with E-state index in [1.165, 1.54) is 7.05 Å².